The highest BCUT2D eigenvalue weighted by molar-refractivity contribution is 6.01. The molecule has 3 heterocycles. The number of Topliss-reactive ketones (excluding diaryl/α,β-unsaturated/α-hetero) is 1. The summed E-state index contributed by atoms with van der Waals surface area (Å²) < 4.78 is 0. The first-order valence-electron chi connectivity index (χ1n) is 10.9. The largest absolute Gasteiger partial charge is 0.372 e. The molecule has 1 aliphatic carbocycles. The first kappa shape index (κ1) is 18.6. The third-order valence-electron chi connectivity index (χ3n) is 7.12. The lowest BCUT2D eigenvalue weighted by molar-refractivity contribution is -0.119. The third kappa shape index (κ3) is 2.77. The Morgan fingerprint density at radius 1 is 1.21 bits per heavy atom. The maximum Gasteiger partial charge on any atom is 0.164 e. The number of allylic oxidation sites excluding steroid dienone is 2. The van der Waals surface area contributed by atoms with Gasteiger partial charge in [-0.3, -0.25) is 4.79 Å². The second-order valence-corrected chi connectivity index (χ2v) is 9.66. The number of benzene rings is 1. The van der Waals surface area contributed by atoms with Crippen LogP contribution in [0.2, 0.25) is 0 Å². The smallest absolute Gasteiger partial charge is 0.164 e. The number of azo groups is 1. The molecule has 29 heavy (non-hydrogen) atoms. The Hall–Kier alpha value is -2.43. The highest BCUT2D eigenvalue weighted by atomic mass is 16.1. The maximum atomic E-state index is 13.5. The van der Waals surface area contributed by atoms with Crippen LogP contribution in [-0.4, -0.2) is 25.0 Å². The number of hydrogen-bond acceptors (Lipinski definition) is 5. The number of rotatable bonds is 3. The lowest BCUT2D eigenvalue weighted by Crippen LogP contribution is -2.51. The second kappa shape index (κ2) is 6.54. The zero-order valence-electron chi connectivity index (χ0n) is 17.7. The van der Waals surface area contributed by atoms with Gasteiger partial charge in [0.1, 0.15) is 0 Å². The number of nitrogens with zero attached hydrogens (tertiary/aromatic N) is 3. The molecule has 1 fully saturated rings. The molecular formula is C24H30N4O. The number of nitrogens with one attached hydrogen (secondary N) is 1. The molecule has 3 aliphatic heterocycles. The van der Waals surface area contributed by atoms with E-state index in [-0.39, 0.29) is 17.4 Å². The minimum Gasteiger partial charge on any atom is -0.372 e. The molecule has 5 rings (SSSR count). The summed E-state index contributed by atoms with van der Waals surface area (Å²) in [5.74, 6) is 0.267. The van der Waals surface area contributed by atoms with Gasteiger partial charge in [0, 0.05) is 42.0 Å². The van der Waals surface area contributed by atoms with E-state index in [2.05, 4.69) is 65.5 Å². The number of fused-ring (bicyclic) bond motifs is 1. The molecule has 1 aromatic carbocycles. The number of carbonyl (C=O) groups is 1. The SMILES string of the molecule is CC[C@]1(c2cccc(N3CCCC3)c2)C2=CN=NC2NC2=C1C(=O)CC(C)(C)C2. The summed E-state index contributed by atoms with van der Waals surface area (Å²) in [5, 5.41) is 12.3. The van der Waals surface area contributed by atoms with Gasteiger partial charge >= 0.3 is 0 Å². The number of carbonyl (C=O) groups excluding carboxylic acids is 1. The van der Waals surface area contributed by atoms with Crippen LogP contribution in [0.3, 0.4) is 0 Å². The van der Waals surface area contributed by atoms with Crippen molar-refractivity contribution in [1.29, 1.82) is 0 Å². The molecule has 0 amide bonds. The van der Waals surface area contributed by atoms with E-state index >= 15 is 0 Å². The topological polar surface area (TPSA) is 57.1 Å². The third-order valence-corrected chi connectivity index (χ3v) is 7.12. The van der Waals surface area contributed by atoms with Gasteiger partial charge in [0.15, 0.2) is 11.9 Å². The Balaban J connectivity index is 1.70. The molecule has 4 aliphatic rings. The van der Waals surface area contributed by atoms with E-state index in [4.69, 9.17) is 0 Å². The van der Waals surface area contributed by atoms with Crippen LogP contribution < -0.4 is 10.2 Å². The fourth-order valence-corrected chi connectivity index (χ4v) is 5.83. The predicted molar refractivity (Wildman–Crippen MR) is 115 cm³/mol. The van der Waals surface area contributed by atoms with E-state index in [1.165, 1.54) is 24.1 Å². The molecule has 1 unspecified atom stereocenters. The van der Waals surface area contributed by atoms with Crippen LogP contribution in [0.4, 0.5) is 5.69 Å². The quantitative estimate of drug-likeness (QED) is 0.802. The van der Waals surface area contributed by atoms with Gasteiger partial charge < -0.3 is 10.2 Å². The van der Waals surface area contributed by atoms with E-state index in [1.54, 1.807) is 0 Å². The van der Waals surface area contributed by atoms with Crippen molar-refractivity contribution in [2.75, 3.05) is 18.0 Å². The Kier molecular flexibility index (Phi) is 4.19. The fourth-order valence-electron chi connectivity index (χ4n) is 5.83. The van der Waals surface area contributed by atoms with Crippen LogP contribution in [0.25, 0.3) is 0 Å². The number of ketones is 1. The molecule has 2 atom stereocenters. The van der Waals surface area contributed by atoms with Crippen LogP contribution >= 0.6 is 0 Å². The van der Waals surface area contributed by atoms with Gasteiger partial charge in [-0.25, -0.2) is 0 Å². The van der Waals surface area contributed by atoms with Crippen LogP contribution in [0.1, 0.15) is 58.4 Å². The normalized spacial score (nSPS) is 30.2. The zero-order chi connectivity index (χ0) is 20.2. The molecular weight excluding hydrogens is 360 g/mol. The van der Waals surface area contributed by atoms with E-state index in [1.807, 2.05) is 6.20 Å². The first-order valence-corrected chi connectivity index (χ1v) is 10.9. The predicted octanol–water partition coefficient (Wildman–Crippen LogP) is 4.86. The van der Waals surface area contributed by atoms with E-state index in [0.29, 0.717) is 6.42 Å². The number of hydrogen-bond donors (Lipinski definition) is 1. The molecule has 0 aromatic heterocycles. The summed E-state index contributed by atoms with van der Waals surface area (Å²) in [6.45, 7) is 8.78. The Labute approximate surface area is 173 Å². The molecule has 0 radical (unpaired) electrons. The Morgan fingerprint density at radius 3 is 2.76 bits per heavy atom. The van der Waals surface area contributed by atoms with Gasteiger partial charge in [-0.15, -0.1) is 0 Å². The lowest BCUT2D eigenvalue weighted by Gasteiger charge is -2.48. The van der Waals surface area contributed by atoms with Gasteiger partial charge in [0.05, 0.1) is 11.6 Å². The minimum atomic E-state index is -0.446. The van der Waals surface area contributed by atoms with Crippen LogP contribution in [-0.2, 0) is 10.2 Å². The average Bonchev–Trinajstić information content (AvgIpc) is 3.37. The van der Waals surface area contributed by atoms with Crippen LogP contribution in [0.5, 0.6) is 0 Å². The van der Waals surface area contributed by atoms with Crippen molar-refractivity contribution >= 4 is 11.5 Å². The van der Waals surface area contributed by atoms with Crippen molar-refractivity contribution in [3.63, 3.8) is 0 Å². The van der Waals surface area contributed by atoms with Gasteiger partial charge in [-0.2, -0.15) is 10.2 Å². The molecule has 1 N–H and O–H groups in total. The second-order valence-electron chi connectivity index (χ2n) is 9.66. The van der Waals surface area contributed by atoms with Crippen molar-refractivity contribution in [3.8, 4) is 0 Å². The fraction of sp³-hybridized carbons (Fsp3) is 0.542. The molecule has 1 aromatic rings. The van der Waals surface area contributed by atoms with Gasteiger partial charge in [-0.05, 0) is 48.8 Å². The van der Waals surface area contributed by atoms with Gasteiger partial charge in [0.2, 0.25) is 0 Å². The average molecular weight is 391 g/mol. The van der Waals surface area contributed by atoms with Crippen LogP contribution in [0, 0.1) is 5.41 Å². The Morgan fingerprint density at radius 2 is 2.00 bits per heavy atom. The molecule has 152 valence electrons. The molecule has 0 spiro atoms. The van der Waals surface area contributed by atoms with Crippen molar-refractivity contribution in [3.05, 3.63) is 52.9 Å². The summed E-state index contributed by atoms with van der Waals surface area (Å²) in [6.07, 6.45) is 6.53. The van der Waals surface area contributed by atoms with Crippen molar-refractivity contribution < 1.29 is 4.79 Å². The lowest BCUT2D eigenvalue weighted by atomic mass is 9.59. The standard InChI is InChI=1S/C24H30N4O/c1-4-24(16-8-7-9-17(12-16)28-10-5-6-11-28)18-15-25-27-22(18)26-19-13-23(2,3)14-20(29)21(19)24/h7-9,12,15,22,26H,4-6,10-11,13-14H2,1-3H3/t22?,24-/m0/s1. The summed E-state index contributed by atoms with van der Waals surface area (Å²) in [7, 11) is 0. The summed E-state index contributed by atoms with van der Waals surface area (Å²) in [5.41, 5.74) is 5.13. The first-order chi connectivity index (χ1) is 13.9. The summed E-state index contributed by atoms with van der Waals surface area (Å²) in [6, 6.07) is 8.87. The van der Waals surface area contributed by atoms with Crippen molar-refractivity contribution in [2.24, 2.45) is 15.6 Å². The van der Waals surface area contributed by atoms with Crippen LogP contribution in [0.15, 0.2) is 57.5 Å². The number of anilines is 1. The molecule has 0 saturated carbocycles. The maximum absolute atomic E-state index is 13.5. The van der Waals surface area contributed by atoms with E-state index in [9.17, 15) is 4.79 Å². The van der Waals surface area contributed by atoms with Crippen molar-refractivity contribution in [2.45, 2.75) is 64.5 Å². The molecule has 5 heteroatoms. The van der Waals surface area contributed by atoms with Crippen molar-refractivity contribution in [1.82, 2.24) is 5.32 Å². The van der Waals surface area contributed by atoms with Gasteiger partial charge in [-0.1, -0.05) is 32.9 Å². The van der Waals surface area contributed by atoms with E-state index in [0.717, 1.165) is 42.8 Å². The molecule has 5 nitrogen and oxygen atoms in total. The minimum absolute atomic E-state index is 0.0310. The summed E-state index contributed by atoms with van der Waals surface area (Å²) in [4.78, 5) is 16.0. The zero-order valence-corrected chi connectivity index (χ0v) is 17.7. The highest BCUT2D eigenvalue weighted by Gasteiger charge is 2.53. The molecule has 0 bridgehead atoms. The summed E-state index contributed by atoms with van der Waals surface area (Å²) >= 11 is 0. The molecule has 1 saturated heterocycles. The highest BCUT2D eigenvalue weighted by Crippen LogP contribution is 2.54. The monoisotopic (exact) mass is 390 g/mol. The van der Waals surface area contributed by atoms with E-state index < -0.39 is 5.41 Å². The van der Waals surface area contributed by atoms with Gasteiger partial charge in [0.25, 0.3) is 0 Å². The Bertz CT molecular complexity index is 951.